The number of aromatic nitrogens is 1. The highest BCUT2D eigenvalue weighted by molar-refractivity contribution is 5.86. The number of hydrogen-bond donors (Lipinski definition) is 0. The lowest BCUT2D eigenvalue weighted by atomic mass is 9.93. The molecule has 0 saturated heterocycles. The van der Waals surface area contributed by atoms with Crippen molar-refractivity contribution in [2.45, 2.75) is 18.3 Å². The first kappa shape index (κ1) is 8.43. The Bertz CT molecular complexity index is 557. The van der Waals surface area contributed by atoms with Gasteiger partial charge in [-0.3, -0.25) is 4.98 Å². The van der Waals surface area contributed by atoms with Gasteiger partial charge < -0.3 is 0 Å². The molecule has 3 rings (SSSR count). The van der Waals surface area contributed by atoms with Gasteiger partial charge in [-0.2, -0.15) is 5.26 Å². The van der Waals surface area contributed by atoms with Gasteiger partial charge in [0, 0.05) is 17.8 Å². The van der Waals surface area contributed by atoms with Crippen LogP contribution < -0.4 is 0 Å². The third kappa shape index (κ3) is 1.13. The summed E-state index contributed by atoms with van der Waals surface area (Å²) >= 11 is 0. The standard InChI is InChI=1S/C13H10N2/c14-9-13(5-6-13)12-3-1-2-10-4-7-15-8-11(10)12/h1-4,7-8H,5-6H2. The Morgan fingerprint density at radius 3 is 2.87 bits per heavy atom. The van der Waals surface area contributed by atoms with Gasteiger partial charge in [-0.05, 0) is 29.9 Å². The molecule has 2 nitrogen and oxygen atoms in total. The molecule has 1 fully saturated rings. The summed E-state index contributed by atoms with van der Waals surface area (Å²) in [4.78, 5) is 4.14. The van der Waals surface area contributed by atoms with Crippen molar-refractivity contribution in [3.8, 4) is 6.07 Å². The maximum Gasteiger partial charge on any atom is 0.0830 e. The van der Waals surface area contributed by atoms with Crippen LogP contribution in [0, 0.1) is 11.3 Å². The number of fused-ring (bicyclic) bond motifs is 1. The average Bonchev–Trinajstić information content (AvgIpc) is 3.09. The summed E-state index contributed by atoms with van der Waals surface area (Å²) in [5.74, 6) is 0. The van der Waals surface area contributed by atoms with E-state index >= 15 is 0 Å². The van der Waals surface area contributed by atoms with Crippen molar-refractivity contribution in [2.24, 2.45) is 0 Å². The summed E-state index contributed by atoms with van der Waals surface area (Å²) in [5.41, 5.74) is 0.929. The van der Waals surface area contributed by atoms with Crippen molar-refractivity contribution in [1.82, 2.24) is 4.98 Å². The number of nitrogens with zero attached hydrogens (tertiary/aromatic N) is 2. The smallest absolute Gasteiger partial charge is 0.0830 e. The van der Waals surface area contributed by atoms with E-state index in [0.29, 0.717) is 0 Å². The number of pyridine rings is 1. The fraction of sp³-hybridized carbons (Fsp3) is 0.231. The Kier molecular flexibility index (Phi) is 1.58. The summed E-state index contributed by atoms with van der Waals surface area (Å²) in [6.07, 6.45) is 5.62. The van der Waals surface area contributed by atoms with Crippen molar-refractivity contribution >= 4 is 10.8 Å². The number of rotatable bonds is 1. The van der Waals surface area contributed by atoms with Gasteiger partial charge in [0.1, 0.15) is 0 Å². The number of benzene rings is 1. The van der Waals surface area contributed by atoms with E-state index in [4.69, 9.17) is 0 Å². The molecular formula is C13H10N2. The SMILES string of the molecule is N#CC1(c2cccc3ccncc23)CC1. The van der Waals surface area contributed by atoms with E-state index in [1.807, 2.05) is 18.3 Å². The van der Waals surface area contributed by atoms with Gasteiger partial charge in [-0.25, -0.2) is 0 Å². The summed E-state index contributed by atoms with van der Waals surface area (Å²) in [7, 11) is 0. The molecule has 2 heteroatoms. The second kappa shape index (κ2) is 2.80. The van der Waals surface area contributed by atoms with E-state index in [0.717, 1.165) is 23.8 Å². The maximum absolute atomic E-state index is 9.20. The van der Waals surface area contributed by atoms with Crippen LogP contribution in [0.15, 0.2) is 36.7 Å². The monoisotopic (exact) mass is 194 g/mol. The summed E-state index contributed by atoms with van der Waals surface area (Å²) < 4.78 is 0. The summed E-state index contributed by atoms with van der Waals surface area (Å²) in [5, 5.41) is 11.5. The third-order valence-corrected chi connectivity index (χ3v) is 3.16. The first-order valence-electron chi connectivity index (χ1n) is 5.10. The second-order valence-corrected chi connectivity index (χ2v) is 4.10. The van der Waals surface area contributed by atoms with Crippen molar-refractivity contribution in [2.75, 3.05) is 0 Å². The van der Waals surface area contributed by atoms with Gasteiger partial charge >= 0.3 is 0 Å². The molecule has 1 saturated carbocycles. The highest BCUT2D eigenvalue weighted by Gasteiger charge is 2.45. The molecule has 0 radical (unpaired) electrons. The Balaban J connectivity index is 2.33. The van der Waals surface area contributed by atoms with Crippen LogP contribution in [0.4, 0.5) is 0 Å². The van der Waals surface area contributed by atoms with E-state index in [1.165, 1.54) is 5.39 Å². The van der Waals surface area contributed by atoms with Crippen LogP contribution in [0.25, 0.3) is 10.8 Å². The fourth-order valence-corrected chi connectivity index (χ4v) is 2.10. The van der Waals surface area contributed by atoms with Gasteiger partial charge in [-0.15, -0.1) is 0 Å². The van der Waals surface area contributed by atoms with Gasteiger partial charge in [0.2, 0.25) is 0 Å². The molecule has 0 bridgehead atoms. The topological polar surface area (TPSA) is 36.7 Å². The number of nitriles is 1. The zero-order valence-electron chi connectivity index (χ0n) is 8.27. The predicted molar refractivity (Wildman–Crippen MR) is 58.3 cm³/mol. The van der Waals surface area contributed by atoms with Gasteiger partial charge in [-0.1, -0.05) is 18.2 Å². The Hall–Kier alpha value is -1.88. The maximum atomic E-state index is 9.20. The molecule has 0 spiro atoms. The van der Waals surface area contributed by atoms with Crippen LogP contribution in [0.5, 0.6) is 0 Å². The fourth-order valence-electron chi connectivity index (χ4n) is 2.10. The van der Waals surface area contributed by atoms with Crippen molar-refractivity contribution < 1.29 is 0 Å². The highest BCUT2D eigenvalue weighted by atomic mass is 14.6. The molecule has 2 aromatic rings. The van der Waals surface area contributed by atoms with E-state index in [1.54, 1.807) is 6.20 Å². The van der Waals surface area contributed by atoms with E-state index in [-0.39, 0.29) is 5.41 Å². The first-order valence-corrected chi connectivity index (χ1v) is 5.10. The first-order chi connectivity index (χ1) is 7.36. The van der Waals surface area contributed by atoms with Crippen LogP contribution in [0.3, 0.4) is 0 Å². The molecule has 1 aromatic heterocycles. The van der Waals surface area contributed by atoms with Gasteiger partial charge in [0.15, 0.2) is 0 Å². The summed E-state index contributed by atoms with van der Waals surface area (Å²) in [6.45, 7) is 0. The predicted octanol–water partition coefficient (Wildman–Crippen LogP) is 2.79. The minimum absolute atomic E-state index is 0.220. The molecule has 72 valence electrons. The Morgan fingerprint density at radius 1 is 1.27 bits per heavy atom. The minimum Gasteiger partial charge on any atom is -0.264 e. The average molecular weight is 194 g/mol. The molecule has 0 atom stereocenters. The lowest BCUT2D eigenvalue weighted by Crippen LogP contribution is -2.03. The van der Waals surface area contributed by atoms with E-state index in [9.17, 15) is 5.26 Å². The van der Waals surface area contributed by atoms with Crippen LogP contribution in [0.1, 0.15) is 18.4 Å². The molecule has 0 N–H and O–H groups in total. The molecule has 1 aliphatic rings. The molecule has 1 heterocycles. The largest absolute Gasteiger partial charge is 0.264 e. The number of hydrogen-bond acceptors (Lipinski definition) is 2. The summed E-state index contributed by atoms with van der Waals surface area (Å²) in [6, 6.07) is 10.6. The molecule has 15 heavy (non-hydrogen) atoms. The zero-order chi connectivity index (χ0) is 10.3. The van der Waals surface area contributed by atoms with Gasteiger partial charge in [0.05, 0.1) is 11.5 Å². The lowest BCUT2D eigenvalue weighted by Gasteiger charge is -2.09. The molecule has 0 unspecified atom stereocenters. The Morgan fingerprint density at radius 2 is 2.13 bits per heavy atom. The van der Waals surface area contributed by atoms with Crippen LogP contribution >= 0.6 is 0 Å². The highest BCUT2D eigenvalue weighted by Crippen LogP contribution is 2.49. The minimum atomic E-state index is -0.220. The molecule has 0 aliphatic heterocycles. The molecule has 0 amide bonds. The quantitative estimate of drug-likeness (QED) is 0.699. The van der Waals surface area contributed by atoms with Crippen LogP contribution in [-0.2, 0) is 5.41 Å². The second-order valence-electron chi connectivity index (χ2n) is 4.10. The van der Waals surface area contributed by atoms with Gasteiger partial charge in [0.25, 0.3) is 0 Å². The Labute approximate surface area is 88.2 Å². The van der Waals surface area contributed by atoms with Crippen LogP contribution in [0.2, 0.25) is 0 Å². The van der Waals surface area contributed by atoms with E-state index < -0.39 is 0 Å². The van der Waals surface area contributed by atoms with Crippen LogP contribution in [-0.4, -0.2) is 4.98 Å². The van der Waals surface area contributed by atoms with E-state index in [2.05, 4.69) is 23.2 Å². The molecule has 1 aromatic carbocycles. The van der Waals surface area contributed by atoms with Crippen molar-refractivity contribution in [3.05, 3.63) is 42.2 Å². The third-order valence-electron chi connectivity index (χ3n) is 3.16. The van der Waals surface area contributed by atoms with Crippen molar-refractivity contribution in [1.29, 1.82) is 5.26 Å². The molecule has 1 aliphatic carbocycles. The zero-order valence-corrected chi connectivity index (χ0v) is 8.27. The lowest BCUT2D eigenvalue weighted by molar-refractivity contribution is 0.919. The molecular weight excluding hydrogens is 184 g/mol. The normalized spacial score (nSPS) is 17.3. The van der Waals surface area contributed by atoms with Crippen molar-refractivity contribution in [3.63, 3.8) is 0 Å².